The van der Waals surface area contributed by atoms with Gasteiger partial charge in [-0.25, -0.2) is 0 Å². The molecule has 0 rings (SSSR count). The van der Waals surface area contributed by atoms with Crippen molar-refractivity contribution in [2.75, 3.05) is 7.05 Å². The van der Waals surface area contributed by atoms with E-state index in [0.29, 0.717) is 0 Å². The summed E-state index contributed by atoms with van der Waals surface area (Å²) in [4.78, 5) is 23.4. The molecule has 18 heavy (non-hydrogen) atoms. The molecule has 0 fully saturated rings. The van der Waals surface area contributed by atoms with Crippen molar-refractivity contribution in [1.82, 2.24) is 5.32 Å². The van der Waals surface area contributed by atoms with Crippen LogP contribution in [0.15, 0.2) is 0 Å². The molecule has 106 valence electrons. The van der Waals surface area contributed by atoms with Gasteiger partial charge in [0.15, 0.2) is 0 Å². The fourth-order valence-electron chi connectivity index (χ4n) is 1.23. The van der Waals surface area contributed by atoms with E-state index in [4.69, 9.17) is 9.47 Å². The minimum Gasteiger partial charge on any atom is -0.460 e. The molecule has 5 nitrogen and oxygen atoms in total. The fraction of sp³-hybridized carbons (Fsp3) is 0.846. The summed E-state index contributed by atoms with van der Waals surface area (Å²) < 4.78 is 10.4. The number of hydrogen-bond donors (Lipinski definition) is 1. The highest BCUT2D eigenvalue weighted by molar-refractivity contribution is 5.83. The first-order valence-electron chi connectivity index (χ1n) is 6.06. The molecule has 0 aliphatic heterocycles. The lowest BCUT2D eigenvalue weighted by Crippen LogP contribution is -2.42. The number of likely N-dealkylation sites (N-methyl/N-ethyl adjacent to an activating group) is 1. The Hall–Kier alpha value is -1.10. The van der Waals surface area contributed by atoms with Crippen molar-refractivity contribution in [2.24, 2.45) is 0 Å². The molecule has 0 aliphatic carbocycles. The first kappa shape index (κ1) is 16.9. The Morgan fingerprint density at radius 1 is 1.00 bits per heavy atom. The van der Waals surface area contributed by atoms with Crippen molar-refractivity contribution in [3.8, 4) is 0 Å². The third-order valence-electron chi connectivity index (χ3n) is 1.83. The SMILES string of the molecule is CN[C@@H](CC(=O)OC(C)(C)C)C(=O)OC(C)(C)C. The highest BCUT2D eigenvalue weighted by Gasteiger charge is 2.28. The molecule has 0 saturated heterocycles. The average molecular weight is 259 g/mol. The second kappa shape index (κ2) is 6.18. The molecular formula is C13H25NO4. The van der Waals surface area contributed by atoms with Crippen LogP contribution in [0.3, 0.4) is 0 Å². The van der Waals surface area contributed by atoms with Gasteiger partial charge in [-0.1, -0.05) is 0 Å². The number of carbonyl (C=O) groups is 2. The molecular weight excluding hydrogens is 234 g/mol. The number of hydrogen-bond acceptors (Lipinski definition) is 5. The molecule has 1 atom stereocenters. The van der Waals surface area contributed by atoms with Crippen LogP contribution in [0.25, 0.3) is 0 Å². The first-order chi connectivity index (χ1) is 7.94. The van der Waals surface area contributed by atoms with E-state index in [0.717, 1.165) is 0 Å². The van der Waals surface area contributed by atoms with Crippen LogP contribution in [0.4, 0.5) is 0 Å². The second-order valence-corrected chi connectivity index (χ2v) is 6.17. The zero-order valence-corrected chi connectivity index (χ0v) is 12.4. The Morgan fingerprint density at radius 2 is 1.44 bits per heavy atom. The molecule has 0 aromatic rings. The molecule has 0 unspecified atom stereocenters. The molecule has 0 amide bonds. The lowest BCUT2D eigenvalue weighted by molar-refractivity contribution is -0.164. The van der Waals surface area contributed by atoms with Gasteiger partial charge in [0.1, 0.15) is 17.2 Å². The topological polar surface area (TPSA) is 64.6 Å². The number of ether oxygens (including phenoxy) is 2. The number of carbonyl (C=O) groups excluding carboxylic acids is 2. The molecule has 5 heteroatoms. The molecule has 0 radical (unpaired) electrons. The monoisotopic (exact) mass is 259 g/mol. The van der Waals surface area contributed by atoms with E-state index in [-0.39, 0.29) is 6.42 Å². The van der Waals surface area contributed by atoms with Crippen molar-refractivity contribution in [1.29, 1.82) is 0 Å². The van der Waals surface area contributed by atoms with Crippen LogP contribution >= 0.6 is 0 Å². The van der Waals surface area contributed by atoms with Gasteiger partial charge in [-0.15, -0.1) is 0 Å². The highest BCUT2D eigenvalue weighted by Crippen LogP contribution is 2.12. The Balaban J connectivity index is 4.44. The predicted octanol–water partition coefficient (Wildman–Crippen LogP) is 1.65. The second-order valence-electron chi connectivity index (χ2n) is 6.17. The Labute approximate surface area is 109 Å². The summed E-state index contributed by atoms with van der Waals surface area (Å²) in [5.41, 5.74) is -1.12. The van der Waals surface area contributed by atoms with Crippen LogP contribution in [0, 0.1) is 0 Å². The molecule has 0 saturated carbocycles. The van der Waals surface area contributed by atoms with Crippen molar-refractivity contribution in [3.05, 3.63) is 0 Å². The molecule has 0 aliphatic rings. The van der Waals surface area contributed by atoms with Crippen LogP contribution in [-0.2, 0) is 19.1 Å². The number of rotatable bonds is 4. The molecule has 0 bridgehead atoms. The van der Waals surface area contributed by atoms with Crippen molar-refractivity contribution in [2.45, 2.75) is 65.2 Å². The summed E-state index contributed by atoms with van der Waals surface area (Å²) in [5.74, 6) is -0.872. The normalized spacial score (nSPS) is 13.9. The van der Waals surface area contributed by atoms with Crippen molar-refractivity contribution < 1.29 is 19.1 Å². The third kappa shape index (κ3) is 8.06. The Kier molecular flexibility index (Phi) is 5.80. The molecule has 0 aromatic carbocycles. The van der Waals surface area contributed by atoms with Gasteiger partial charge in [-0.2, -0.15) is 0 Å². The van der Waals surface area contributed by atoms with Crippen LogP contribution in [0.1, 0.15) is 48.0 Å². The molecule has 0 spiro atoms. The summed E-state index contributed by atoms with van der Waals surface area (Å²) in [6.45, 7) is 10.7. The van der Waals surface area contributed by atoms with E-state index in [2.05, 4.69) is 5.32 Å². The van der Waals surface area contributed by atoms with E-state index in [1.54, 1.807) is 48.6 Å². The van der Waals surface area contributed by atoms with Gasteiger partial charge < -0.3 is 14.8 Å². The number of nitrogens with one attached hydrogen (secondary N) is 1. The minimum atomic E-state index is -0.681. The smallest absolute Gasteiger partial charge is 0.324 e. The van der Waals surface area contributed by atoms with Gasteiger partial charge in [0, 0.05) is 0 Å². The van der Waals surface area contributed by atoms with E-state index >= 15 is 0 Å². The van der Waals surface area contributed by atoms with Gasteiger partial charge in [-0.3, -0.25) is 9.59 Å². The summed E-state index contributed by atoms with van der Waals surface area (Å²) in [6.07, 6.45) is -0.0390. The maximum atomic E-state index is 11.8. The van der Waals surface area contributed by atoms with Gasteiger partial charge in [0.05, 0.1) is 6.42 Å². The zero-order chi connectivity index (χ0) is 14.6. The predicted molar refractivity (Wildman–Crippen MR) is 69.2 cm³/mol. The van der Waals surface area contributed by atoms with E-state index in [1.165, 1.54) is 0 Å². The molecule has 1 N–H and O–H groups in total. The zero-order valence-electron chi connectivity index (χ0n) is 12.4. The fourth-order valence-corrected chi connectivity index (χ4v) is 1.23. The average Bonchev–Trinajstić information content (AvgIpc) is 2.07. The summed E-state index contributed by atoms with van der Waals surface area (Å²) in [5, 5.41) is 2.77. The van der Waals surface area contributed by atoms with E-state index in [1.807, 2.05) is 0 Å². The van der Waals surface area contributed by atoms with Crippen LogP contribution < -0.4 is 5.32 Å². The summed E-state index contributed by atoms with van der Waals surface area (Å²) in [6, 6.07) is -0.681. The Bertz CT molecular complexity index is 299. The van der Waals surface area contributed by atoms with Crippen molar-refractivity contribution >= 4 is 11.9 Å². The standard InChI is InChI=1S/C13H25NO4/c1-12(2,3)17-10(15)8-9(14-7)11(16)18-13(4,5)6/h9,14H,8H2,1-7H3/t9-/m0/s1. The van der Waals surface area contributed by atoms with E-state index in [9.17, 15) is 9.59 Å². The van der Waals surface area contributed by atoms with Gasteiger partial charge in [-0.05, 0) is 48.6 Å². The largest absolute Gasteiger partial charge is 0.460 e. The third-order valence-corrected chi connectivity index (χ3v) is 1.83. The maximum absolute atomic E-state index is 11.8. The quantitative estimate of drug-likeness (QED) is 0.778. The minimum absolute atomic E-state index is 0.0390. The van der Waals surface area contributed by atoms with Crippen molar-refractivity contribution in [3.63, 3.8) is 0 Å². The maximum Gasteiger partial charge on any atom is 0.324 e. The lowest BCUT2D eigenvalue weighted by atomic mass is 10.1. The lowest BCUT2D eigenvalue weighted by Gasteiger charge is -2.25. The molecule has 0 aromatic heterocycles. The highest BCUT2D eigenvalue weighted by atomic mass is 16.6. The summed E-state index contributed by atoms with van der Waals surface area (Å²) >= 11 is 0. The van der Waals surface area contributed by atoms with E-state index < -0.39 is 29.2 Å². The number of esters is 2. The first-order valence-corrected chi connectivity index (χ1v) is 6.06. The van der Waals surface area contributed by atoms with Gasteiger partial charge >= 0.3 is 11.9 Å². The van der Waals surface area contributed by atoms with Gasteiger partial charge in [0.25, 0.3) is 0 Å². The van der Waals surface area contributed by atoms with Crippen LogP contribution in [0.2, 0.25) is 0 Å². The molecule has 0 heterocycles. The van der Waals surface area contributed by atoms with Crippen LogP contribution in [0.5, 0.6) is 0 Å². The van der Waals surface area contributed by atoms with Gasteiger partial charge in [0.2, 0.25) is 0 Å². The Morgan fingerprint density at radius 3 is 1.78 bits per heavy atom. The summed E-state index contributed by atoms with van der Waals surface area (Å²) in [7, 11) is 1.61. The van der Waals surface area contributed by atoms with Crippen LogP contribution in [-0.4, -0.2) is 36.2 Å².